The highest BCUT2D eigenvalue weighted by atomic mass is 16.5. The van der Waals surface area contributed by atoms with Crippen LogP contribution < -0.4 is 4.74 Å². The van der Waals surface area contributed by atoms with Crippen molar-refractivity contribution in [1.29, 1.82) is 0 Å². The second-order valence-electron chi connectivity index (χ2n) is 8.55. The van der Waals surface area contributed by atoms with Crippen molar-refractivity contribution in [3.8, 4) is 5.75 Å². The summed E-state index contributed by atoms with van der Waals surface area (Å²) in [4.78, 5) is 26.6. The molecule has 0 aromatic heterocycles. The van der Waals surface area contributed by atoms with Gasteiger partial charge in [-0.05, 0) is 61.1 Å². The van der Waals surface area contributed by atoms with Gasteiger partial charge >= 0.3 is 5.97 Å². The zero-order chi connectivity index (χ0) is 22.0. The molecule has 0 atom stereocenters. The van der Waals surface area contributed by atoms with Gasteiger partial charge in [0.1, 0.15) is 5.75 Å². The molecule has 1 heterocycles. The lowest BCUT2D eigenvalue weighted by molar-refractivity contribution is -0.152. The number of hydrogen-bond donors (Lipinski definition) is 1. The maximum absolute atomic E-state index is 13.2. The minimum absolute atomic E-state index is 0.0618. The number of carbonyl (C=O) groups is 2. The summed E-state index contributed by atoms with van der Waals surface area (Å²) in [6.07, 6.45) is 1.62. The molecule has 3 aromatic carbocycles. The summed E-state index contributed by atoms with van der Waals surface area (Å²) >= 11 is 0. The van der Waals surface area contributed by atoms with Gasteiger partial charge in [0, 0.05) is 18.7 Å². The van der Waals surface area contributed by atoms with E-state index in [9.17, 15) is 14.7 Å². The molecule has 0 saturated carbocycles. The summed E-state index contributed by atoms with van der Waals surface area (Å²) in [5.74, 6) is -0.115. The van der Waals surface area contributed by atoms with Gasteiger partial charge in [-0.3, -0.25) is 4.79 Å². The Balaban J connectivity index is 1.49. The lowest BCUT2D eigenvalue weighted by atomic mass is 9.88. The Morgan fingerprint density at radius 3 is 2.32 bits per heavy atom. The van der Waals surface area contributed by atoms with E-state index in [4.69, 9.17) is 4.74 Å². The van der Waals surface area contributed by atoms with Crippen molar-refractivity contribution in [2.75, 3.05) is 13.1 Å². The third-order valence-electron chi connectivity index (χ3n) is 6.04. The summed E-state index contributed by atoms with van der Waals surface area (Å²) < 4.78 is 5.86. The number of fused-ring (bicyclic) bond motifs is 1. The van der Waals surface area contributed by atoms with Crippen LogP contribution in [0.3, 0.4) is 0 Å². The van der Waals surface area contributed by atoms with Gasteiger partial charge in [-0.2, -0.15) is 0 Å². The predicted octanol–water partition coefficient (Wildman–Crippen LogP) is 5.10. The predicted molar refractivity (Wildman–Crippen MR) is 121 cm³/mol. The third kappa shape index (κ3) is 4.26. The first kappa shape index (κ1) is 20.9. The number of piperidine rings is 1. The van der Waals surface area contributed by atoms with Crippen LogP contribution in [-0.4, -0.2) is 40.6 Å². The molecule has 0 radical (unpaired) electrons. The Morgan fingerprint density at radius 2 is 1.58 bits per heavy atom. The summed E-state index contributed by atoms with van der Waals surface area (Å²) in [5.41, 5.74) is 0.443. The first-order valence-electron chi connectivity index (χ1n) is 10.7. The molecule has 31 heavy (non-hydrogen) atoms. The molecular formula is C26H27NO4. The Hall–Kier alpha value is -3.34. The van der Waals surface area contributed by atoms with E-state index in [1.165, 1.54) is 0 Å². The van der Waals surface area contributed by atoms with Gasteiger partial charge in [-0.1, -0.05) is 54.6 Å². The largest absolute Gasteiger partial charge is 0.478 e. The van der Waals surface area contributed by atoms with Gasteiger partial charge in [-0.25, -0.2) is 4.79 Å². The Bertz CT molecular complexity index is 1110. The molecular weight excluding hydrogens is 390 g/mol. The molecule has 5 nitrogen and oxygen atoms in total. The van der Waals surface area contributed by atoms with Crippen LogP contribution in [0.2, 0.25) is 0 Å². The van der Waals surface area contributed by atoms with E-state index in [2.05, 4.69) is 0 Å². The molecule has 1 fully saturated rings. The van der Waals surface area contributed by atoms with Crippen molar-refractivity contribution in [1.82, 2.24) is 4.90 Å². The van der Waals surface area contributed by atoms with Crippen LogP contribution in [-0.2, 0) is 4.79 Å². The monoisotopic (exact) mass is 417 g/mol. The maximum atomic E-state index is 13.2. The summed E-state index contributed by atoms with van der Waals surface area (Å²) in [6.45, 7) is 4.42. The van der Waals surface area contributed by atoms with Gasteiger partial charge < -0.3 is 14.7 Å². The number of ether oxygens (including phenoxy) is 1. The van der Waals surface area contributed by atoms with Crippen molar-refractivity contribution < 1.29 is 19.4 Å². The fourth-order valence-corrected chi connectivity index (χ4v) is 4.21. The molecule has 3 aromatic rings. The zero-order valence-corrected chi connectivity index (χ0v) is 17.9. The highest BCUT2D eigenvalue weighted by molar-refractivity contribution is 6.07. The molecule has 1 aliphatic rings. The maximum Gasteiger partial charge on any atom is 0.347 e. The molecule has 1 aliphatic heterocycles. The highest BCUT2D eigenvalue weighted by Gasteiger charge is 2.32. The fraction of sp³-hybridized carbons (Fsp3) is 0.308. The van der Waals surface area contributed by atoms with Crippen molar-refractivity contribution in [2.45, 2.75) is 38.2 Å². The van der Waals surface area contributed by atoms with E-state index in [1.54, 1.807) is 13.8 Å². The molecule has 1 N–H and O–H groups in total. The number of benzene rings is 3. The van der Waals surface area contributed by atoms with Gasteiger partial charge in [0.25, 0.3) is 5.91 Å². The van der Waals surface area contributed by atoms with Gasteiger partial charge in [0.05, 0.1) is 0 Å². The summed E-state index contributed by atoms with van der Waals surface area (Å²) in [7, 11) is 0. The Morgan fingerprint density at radius 1 is 0.935 bits per heavy atom. The third-order valence-corrected chi connectivity index (χ3v) is 6.04. The molecule has 160 valence electrons. The van der Waals surface area contributed by atoms with Crippen molar-refractivity contribution in [2.24, 2.45) is 0 Å². The van der Waals surface area contributed by atoms with E-state index >= 15 is 0 Å². The number of carbonyl (C=O) groups excluding carboxylic acids is 1. The van der Waals surface area contributed by atoms with Crippen LogP contribution in [0.15, 0.2) is 66.7 Å². The second-order valence-corrected chi connectivity index (χ2v) is 8.55. The van der Waals surface area contributed by atoms with Crippen LogP contribution >= 0.6 is 0 Å². The van der Waals surface area contributed by atoms with Gasteiger partial charge in [0.2, 0.25) is 0 Å². The van der Waals surface area contributed by atoms with Crippen LogP contribution in [0.25, 0.3) is 10.8 Å². The SMILES string of the molecule is CC(C)(Oc1ccccc1C1CCN(C(=O)c2cccc3ccccc23)CC1)C(=O)O. The molecule has 0 spiro atoms. The quantitative estimate of drug-likeness (QED) is 0.627. The number of carboxylic acid groups (broad SMARTS) is 1. The molecule has 0 bridgehead atoms. The topological polar surface area (TPSA) is 66.8 Å². The van der Waals surface area contributed by atoms with Crippen molar-refractivity contribution in [3.05, 3.63) is 77.9 Å². The first-order chi connectivity index (χ1) is 14.9. The van der Waals surface area contributed by atoms with Crippen LogP contribution in [0.4, 0.5) is 0 Å². The standard InChI is InChI=1S/C26H27NO4/c1-26(2,25(29)30)31-23-13-6-5-11-21(23)19-14-16-27(17-15-19)24(28)22-12-7-9-18-8-3-4-10-20(18)22/h3-13,19H,14-17H2,1-2H3,(H,29,30). The fourth-order valence-electron chi connectivity index (χ4n) is 4.21. The van der Waals surface area contributed by atoms with E-state index in [-0.39, 0.29) is 11.8 Å². The first-order valence-corrected chi connectivity index (χ1v) is 10.7. The van der Waals surface area contributed by atoms with E-state index < -0.39 is 11.6 Å². The number of likely N-dealkylation sites (tertiary alicyclic amines) is 1. The summed E-state index contributed by atoms with van der Waals surface area (Å²) in [6, 6.07) is 21.4. The number of rotatable bonds is 5. The highest BCUT2D eigenvalue weighted by Crippen LogP contribution is 2.36. The number of hydrogen-bond acceptors (Lipinski definition) is 3. The minimum atomic E-state index is -1.30. The average Bonchev–Trinajstić information content (AvgIpc) is 2.78. The number of nitrogens with zero attached hydrogens (tertiary/aromatic N) is 1. The zero-order valence-electron chi connectivity index (χ0n) is 17.9. The lowest BCUT2D eigenvalue weighted by Crippen LogP contribution is -2.39. The van der Waals surface area contributed by atoms with Crippen LogP contribution in [0.1, 0.15) is 48.5 Å². The molecule has 5 heteroatoms. The van der Waals surface area contributed by atoms with E-state index in [1.807, 2.05) is 71.6 Å². The number of carboxylic acids is 1. The lowest BCUT2D eigenvalue weighted by Gasteiger charge is -2.34. The second kappa shape index (κ2) is 8.42. The normalized spacial score (nSPS) is 15.1. The number of amides is 1. The van der Waals surface area contributed by atoms with E-state index in [0.717, 1.165) is 34.7 Å². The molecule has 1 saturated heterocycles. The van der Waals surface area contributed by atoms with Crippen LogP contribution in [0.5, 0.6) is 5.75 Å². The number of para-hydroxylation sites is 1. The average molecular weight is 418 g/mol. The molecule has 1 amide bonds. The minimum Gasteiger partial charge on any atom is -0.478 e. The Kier molecular flexibility index (Phi) is 5.68. The smallest absolute Gasteiger partial charge is 0.347 e. The number of aliphatic carboxylic acids is 1. The molecule has 0 aliphatic carbocycles. The van der Waals surface area contributed by atoms with Crippen molar-refractivity contribution in [3.63, 3.8) is 0 Å². The molecule has 0 unspecified atom stereocenters. The Labute approximate surface area is 182 Å². The summed E-state index contributed by atoms with van der Waals surface area (Å²) in [5, 5.41) is 11.5. The van der Waals surface area contributed by atoms with Gasteiger partial charge in [0.15, 0.2) is 5.60 Å². The van der Waals surface area contributed by atoms with Crippen molar-refractivity contribution >= 4 is 22.6 Å². The van der Waals surface area contributed by atoms with Gasteiger partial charge in [-0.15, -0.1) is 0 Å². The molecule has 4 rings (SSSR count). The van der Waals surface area contributed by atoms with E-state index in [0.29, 0.717) is 18.8 Å². The van der Waals surface area contributed by atoms with Crippen LogP contribution in [0, 0.1) is 0 Å².